The first-order chi connectivity index (χ1) is 12.7. The van der Waals surface area contributed by atoms with Crippen LogP contribution in [0, 0.1) is 6.92 Å². The zero-order chi connectivity index (χ0) is 17.9. The van der Waals surface area contributed by atoms with Crippen molar-refractivity contribution in [3.05, 3.63) is 83.3 Å². The van der Waals surface area contributed by atoms with Crippen molar-refractivity contribution < 1.29 is 18.7 Å². The summed E-state index contributed by atoms with van der Waals surface area (Å²) in [6.45, 7) is 2.97. The normalized spacial score (nSPS) is 12.2. The van der Waals surface area contributed by atoms with Gasteiger partial charge in [0.15, 0.2) is 11.5 Å². The minimum atomic E-state index is -0.0441. The number of benzene rings is 2. The molecule has 4 rings (SSSR count). The van der Waals surface area contributed by atoms with Crippen LogP contribution in [0.25, 0.3) is 0 Å². The number of hydrogen-bond acceptors (Lipinski definition) is 4. The van der Waals surface area contributed by atoms with Gasteiger partial charge < -0.3 is 18.8 Å². The Morgan fingerprint density at radius 3 is 2.54 bits per heavy atom. The van der Waals surface area contributed by atoms with Gasteiger partial charge in [0.1, 0.15) is 11.5 Å². The van der Waals surface area contributed by atoms with Crippen molar-refractivity contribution in [2.24, 2.45) is 0 Å². The summed E-state index contributed by atoms with van der Waals surface area (Å²) in [5.74, 6) is 2.99. The Labute approximate surface area is 151 Å². The number of carbonyl (C=O) groups is 1. The summed E-state index contributed by atoms with van der Waals surface area (Å²) in [6.07, 6.45) is 0. The van der Waals surface area contributed by atoms with Crippen molar-refractivity contribution in [3.63, 3.8) is 0 Å². The van der Waals surface area contributed by atoms with Crippen molar-refractivity contribution >= 4 is 5.91 Å². The summed E-state index contributed by atoms with van der Waals surface area (Å²) in [6, 6.07) is 18.8. The smallest absolute Gasteiger partial charge is 0.254 e. The lowest BCUT2D eigenvalue weighted by Gasteiger charge is -2.22. The maximum absolute atomic E-state index is 13.0. The summed E-state index contributed by atoms with van der Waals surface area (Å²) < 4.78 is 16.5. The molecular formula is C21H19NO4. The first-order valence-corrected chi connectivity index (χ1v) is 8.47. The molecule has 0 saturated heterocycles. The maximum Gasteiger partial charge on any atom is 0.254 e. The van der Waals surface area contributed by atoms with Crippen molar-refractivity contribution in [2.45, 2.75) is 20.0 Å². The molecule has 1 amide bonds. The molecule has 0 aliphatic carbocycles. The van der Waals surface area contributed by atoms with Crippen LogP contribution in [0.15, 0.2) is 65.1 Å². The van der Waals surface area contributed by atoms with E-state index in [2.05, 4.69) is 0 Å². The fourth-order valence-corrected chi connectivity index (χ4v) is 2.98. The summed E-state index contributed by atoms with van der Waals surface area (Å²) in [4.78, 5) is 14.8. The van der Waals surface area contributed by atoms with Gasteiger partial charge in [-0.25, -0.2) is 0 Å². The molecule has 3 aromatic rings. The van der Waals surface area contributed by atoms with E-state index in [0.29, 0.717) is 24.4 Å². The van der Waals surface area contributed by atoms with Crippen LogP contribution in [-0.2, 0) is 13.1 Å². The molecule has 1 aliphatic rings. The van der Waals surface area contributed by atoms with Crippen molar-refractivity contribution in [1.82, 2.24) is 4.90 Å². The largest absolute Gasteiger partial charge is 0.464 e. The van der Waals surface area contributed by atoms with Gasteiger partial charge in [-0.05, 0) is 48.9 Å². The number of amides is 1. The van der Waals surface area contributed by atoms with Crippen LogP contribution >= 0.6 is 0 Å². The summed E-state index contributed by atoms with van der Waals surface area (Å²) in [7, 11) is 0. The molecule has 132 valence electrons. The molecule has 0 saturated carbocycles. The van der Waals surface area contributed by atoms with E-state index >= 15 is 0 Å². The molecule has 5 nitrogen and oxygen atoms in total. The number of carbonyl (C=O) groups excluding carboxylic acids is 1. The summed E-state index contributed by atoms with van der Waals surface area (Å²) >= 11 is 0. The third-order valence-electron chi connectivity index (χ3n) is 4.26. The van der Waals surface area contributed by atoms with Crippen LogP contribution in [0.4, 0.5) is 0 Å². The van der Waals surface area contributed by atoms with Crippen LogP contribution in [0.3, 0.4) is 0 Å². The first kappa shape index (κ1) is 16.3. The molecule has 0 atom stereocenters. The van der Waals surface area contributed by atoms with Gasteiger partial charge in [-0.1, -0.05) is 24.3 Å². The fraction of sp³-hybridized carbons (Fsp3) is 0.190. The quantitative estimate of drug-likeness (QED) is 0.694. The maximum atomic E-state index is 13.0. The molecule has 0 fully saturated rings. The van der Waals surface area contributed by atoms with E-state index in [9.17, 15) is 4.79 Å². The topological polar surface area (TPSA) is 51.9 Å². The summed E-state index contributed by atoms with van der Waals surface area (Å²) in [5.41, 5.74) is 1.62. The van der Waals surface area contributed by atoms with E-state index < -0.39 is 0 Å². The second-order valence-corrected chi connectivity index (χ2v) is 6.23. The SMILES string of the molecule is Cc1ccc(CN(Cc2ccc3c(c2)OCO3)C(=O)c2ccccc2)o1. The van der Waals surface area contributed by atoms with Crippen LogP contribution in [0.5, 0.6) is 11.5 Å². The Kier molecular flexibility index (Phi) is 4.35. The average Bonchev–Trinajstić information content (AvgIpc) is 3.29. The number of aryl methyl sites for hydroxylation is 1. The number of nitrogens with zero attached hydrogens (tertiary/aromatic N) is 1. The van der Waals surface area contributed by atoms with Gasteiger partial charge in [0, 0.05) is 12.1 Å². The third-order valence-corrected chi connectivity index (χ3v) is 4.26. The van der Waals surface area contributed by atoms with E-state index in [1.165, 1.54) is 0 Å². The van der Waals surface area contributed by atoms with Gasteiger partial charge in [-0.2, -0.15) is 0 Å². The highest BCUT2D eigenvalue weighted by molar-refractivity contribution is 5.94. The second-order valence-electron chi connectivity index (χ2n) is 6.23. The van der Waals surface area contributed by atoms with Gasteiger partial charge >= 0.3 is 0 Å². The zero-order valence-electron chi connectivity index (χ0n) is 14.5. The van der Waals surface area contributed by atoms with E-state index in [1.807, 2.05) is 67.6 Å². The lowest BCUT2D eigenvalue weighted by Crippen LogP contribution is -2.30. The molecule has 0 spiro atoms. The Morgan fingerprint density at radius 2 is 1.77 bits per heavy atom. The van der Waals surface area contributed by atoms with E-state index in [1.54, 1.807) is 4.90 Å². The standard InChI is InChI=1S/C21H19NO4/c1-15-7-9-18(26-15)13-22(21(23)17-5-3-2-4-6-17)12-16-8-10-19-20(11-16)25-14-24-19/h2-11H,12-14H2,1H3. The molecule has 1 aliphatic heterocycles. The molecule has 1 aromatic heterocycles. The molecule has 0 radical (unpaired) electrons. The van der Waals surface area contributed by atoms with Gasteiger partial charge in [-0.3, -0.25) is 4.79 Å². The van der Waals surface area contributed by atoms with Gasteiger partial charge in [-0.15, -0.1) is 0 Å². The Hall–Kier alpha value is -3.21. The molecule has 0 N–H and O–H groups in total. The minimum Gasteiger partial charge on any atom is -0.464 e. The van der Waals surface area contributed by atoms with Gasteiger partial charge in [0.2, 0.25) is 6.79 Å². The number of rotatable bonds is 5. The fourth-order valence-electron chi connectivity index (χ4n) is 2.98. The number of fused-ring (bicyclic) bond motifs is 1. The highest BCUT2D eigenvalue weighted by atomic mass is 16.7. The van der Waals surface area contributed by atoms with E-state index in [0.717, 1.165) is 22.8 Å². The molecule has 0 unspecified atom stereocenters. The molecule has 5 heteroatoms. The van der Waals surface area contributed by atoms with Gasteiger partial charge in [0.25, 0.3) is 5.91 Å². The first-order valence-electron chi connectivity index (χ1n) is 8.47. The lowest BCUT2D eigenvalue weighted by molar-refractivity contribution is 0.0717. The molecule has 26 heavy (non-hydrogen) atoms. The van der Waals surface area contributed by atoms with Crippen LogP contribution < -0.4 is 9.47 Å². The summed E-state index contributed by atoms with van der Waals surface area (Å²) in [5, 5.41) is 0. The number of ether oxygens (including phenoxy) is 2. The molecule has 2 aromatic carbocycles. The average molecular weight is 349 g/mol. The predicted molar refractivity (Wildman–Crippen MR) is 96.0 cm³/mol. The van der Waals surface area contributed by atoms with Crippen LogP contribution in [0.1, 0.15) is 27.4 Å². The zero-order valence-corrected chi connectivity index (χ0v) is 14.5. The van der Waals surface area contributed by atoms with E-state index in [-0.39, 0.29) is 12.7 Å². The highest BCUT2D eigenvalue weighted by Crippen LogP contribution is 2.33. The second kappa shape index (κ2) is 6.96. The van der Waals surface area contributed by atoms with Crippen molar-refractivity contribution in [1.29, 1.82) is 0 Å². The molecule has 2 heterocycles. The lowest BCUT2D eigenvalue weighted by atomic mass is 10.1. The third kappa shape index (κ3) is 3.42. The molecular weight excluding hydrogens is 330 g/mol. The molecule has 0 bridgehead atoms. The van der Waals surface area contributed by atoms with Crippen molar-refractivity contribution in [2.75, 3.05) is 6.79 Å². The van der Waals surface area contributed by atoms with Crippen LogP contribution in [0.2, 0.25) is 0 Å². The van der Waals surface area contributed by atoms with Crippen molar-refractivity contribution in [3.8, 4) is 11.5 Å². The predicted octanol–water partition coefficient (Wildman–Crippen LogP) is 4.16. The minimum absolute atomic E-state index is 0.0441. The number of furan rings is 1. The Balaban J connectivity index is 1.60. The Bertz CT molecular complexity index is 917. The van der Waals surface area contributed by atoms with Gasteiger partial charge in [0.05, 0.1) is 6.54 Å². The Morgan fingerprint density at radius 1 is 0.962 bits per heavy atom. The number of hydrogen-bond donors (Lipinski definition) is 0. The highest BCUT2D eigenvalue weighted by Gasteiger charge is 2.20. The van der Waals surface area contributed by atoms with Crippen LogP contribution in [-0.4, -0.2) is 17.6 Å². The van der Waals surface area contributed by atoms with E-state index in [4.69, 9.17) is 13.9 Å². The monoisotopic (exact) mass is 349 g/mol.